The molecule has 0 aliphatic heterocycles. The zero-order valence-electron chi connectivity index (χ0n) is 20.9. The van der Waals surface area contributed by atoms with Gasteiger partial charge in [-0.05, 0) is 66.2 Å². The molecule has 0 fully saturated rings. The van der Waals surface area contributed by atoms with E-state index < -0.39 is 0 Å². The Kier molecular flexibility index (Phi) is 7.85. The van der Waals surface area contributed by atoms with Crippen molar-refractivity contribution in [3.63, 3.8) is 0 Å². The largest absolute Gasteiger partial charge is 0.497 e. The highest BCUT2D eigenvalue weighted by Crippen LogP contribution is 2.26. The maximum Gasteiger partial charge on any atom is 0.336 e. The zero-order chi connectivity index (χ0) is 25.5. The van der Waals surface area contributed by atoms with E-state index in [2.05, 4.69) is 15.4 Å². The first kappa shape index (κ1) is 24.8. The number of amides is 1. The topological polar surface area (TPSA) is 87.5 Å². The molecular weight excluding hydrogens is 456 g/mol. The van der Waals surface area contributed by atoms with Gasteiger partial charge in [0.1, 0.15) is 11.5 Å². The number of ether oxygens (including phenoxy) is 3. The lowest BCUT2D eigenvalue weighted by molar-refractivity contribution is -0.118. The van der Waals surface area contributed by atoms with Gasteiger partial charge >= 0.3 is 6.01 Å². The Morgan fingerprint density at radius 3 is 2.08 bits per heavy atom. The van der Waals surface area contributed by atoms with Crippen LogP contribution in [-0.2, 0) is 11.2 Å². The Labute approximate surface area is 210 Å². The van der Waals surface area contributed by atoms with Crippen LogP contribution in [0.3, 0.4) is 0 Å². The summed E-state index contributed by atoms with van der Waals surface area (Å²) in [5.41, 5.74) is 3.51. The van der Waals surface area contributed by atoms with Crippen LogP contribution >= 0.6 is 0 Å². The molecule has 4 aromatic rings. The Morgan fingerprint density at radius 2 is 1.50 bits per heavy atom. The maximum absolute atomic E-state index is 12.0. The Hall–Kier alpha value is -4.33. The molecule has 0 saturated heterocycles. The minimum atomic E-state index is -0.0979. The quantitative estimate of drug-likeness (QED) is 0.333. The number of methoxy groups -OCH3 is 2. The fourth-order valence-electron chi connectivity index (χ4n) is 3.49. The first-order valence-electron chi connectivity index (χ1n) is 11.8. The molecule has 8 heteroatoms. The molecular formula is C28H30N4O4. The highest BCUT2D eigenvalue weighted by molar-refractivity contribution is 5.92. The Bertz CT molecular complexity index is 1280. The number of anilines is 1. The van der Waals surface area contributed by atoms with Gasteiger partial charge in [-0.3, -0.25) is 4.79 Å². The summed E-state index contributed by atoms with van der Waals surface area (Å²) in [5.74, 6) is 2.08. The number of carbonyl (C=O) groups is 1. The highest BCUT2D eigenvalue weighted by atomic mass is 16.5. The second kappa shape index (κ2) is 11.4. The molecule has 36 heavy (non-hydrogen) atoms. The van der Waals surface area contributed by atoms with E-state index in [-0.39, 0.29) is 17.8 Å². The lowest BCUT2D eigenvalue weighted by Crippen LogP contribution is -2.17. The number of carbonyl (C=O) groups excluding carboxylic acids is 1. The second-order valence-corrected chi connectivity index (χ2v) is 8.50. The summed E-state index contributed by atoms with van der Waals surface area (Å²) in [7, 11) is 3.28. The molecule has 0 bridgehead atoms. The highest BCUT2D eigenvalue weighted by Gasteiger charge is 2.16. The van der Waals surface area contributed by atoms with Crippen LogP contribution in [0.5, 0.6) is 17.5 Å². The number of nitrogens with zero attached hydrogens (tertiary/aromatic N) is 3. The van der Waals surface area contributed by atoms with E-state index in [1.54, 1.807) is 18.9 Å². The summed E-state index contributed by atoms with van der Waals surface area (Å²) in [6.07, 6.45) is 0.709. The predicted molar refractivity (Wildman–Crippen MR) is 139 cm³/mol. The van der Waals surface area contributed by atoms with Gasteiger partial charge in [-0.1, -0.05) is 26.0 Å². The van der Waals surface area contributed by atoms with Crippen LogP contribution in [0.4, 0.5) is 5.69 Å². The van der Waals surface area contributed by atoms with Gasteiger partial charge in [0.05, 0.1) is 26.5 Å². The summed E-state index contributed by atoms with van der Waals surface area (Å²) in [5, 5.41) is 7.53. The van der Waals surface area contributed by atoms with Gasteiger partial charge in [0.25, 0.3) is 0 Å². The SMILES string of the molecule is COc1ccc(CCOc2nc(-c3ccc(OC)cc3)n(-c3ccc(NC(=O)C(C)C)cc3)n2)cc1. The van der Waals surface area contributed by atoms with E-state index in [0.29, 0.717) is 18.9 Å². The van der Waals surface area contributed by atoms with Crippen LogP contribution in [-0.4, -0.2) is 41.5 Å². The van der Waals surface area contributed by atoms with Crippen molar-refractivity contribution < 1.29 is 19.0 Å². The summed E-state index contributed by atoms with van der Waals surface area (Å²) >= 11 is 0. The van der Waals surface area contributed by atoms with Gasteiger partial charge in [-0.2, -0.15) is 4.98 Å². The smallest absolute Gasteiger partial charge is 0.336 e. The molecule has 4 rings (SSSR count). The third-order valence-electron chi connectivity index (χ3n) is 5.62. The van der Waals surface area contributed by atoms with Crippen LogP contribution in [0.1, 0.15) is 19.4 Å². The summed E-state index contributed by atoms with van der Waals surface area (Å²) in [6.45, 7) is 4.14. The van der Waals surface area contributed by atoms with E-state index in [1.807, 2.05) is 86.6 Å². The predicted octanol–water partition coefficient (Wildman–Crippen LogP) is 5.17. The Morgan fingerprint density at radius 1 is 0.889 bits per heavy atom. The molecule has 8 nitrogen and oxygen atoms in total. The fraction of sp³-hybridized carbons (Fsp3) is 0.250. The standard InChI is InChI=1S/C28H30N4O4/c1-19(2)27(33)29-22-9-11-23(12-10-22)32-26(21-7-15-25(35-4)16-8-21)30-28(31-32)36-18-17-20-5-13-24(34-3)14-6-20/h5-16,19H,17-18H2,1-4H3,(H,29,33). The van der Waals surface area contributed by atoms with E-state index in [9.17, 15) is 4.79 Å². The first-order valence-corrected chi connectivity index (χ1v) is 11.8. The molecule has 0 atom stereocenters. The van der Waals surface area contributed by atoms with Crippen LogP contribution in [0.25, 0.3) is 17.1 Å². The molecule has 1 amide bonds. The van der Waals surface area contributed by atoms with Crippen molar-refractivity contribution in [2.24, 2.45) is 5.92 Å². The number of benzene rings is 3. The van der Waals surface area contributed by atoms with Crippen molar-refractivity contribution in [1.82, 2.24) is 14.8 Å². The van der Waals surface area contributed by atoms with Gasteiger partial charge < -0.3 is 19.5 Å². The van der Waals surface area contributed by atoms with E-state index in [0.717, 1.165) is 34.0 Å². The third kappa shape index (κ3) is 6.02. The average Bonchev–Trinajstić information content (AvgIpc) is 3.33. The van der Waals surface area contributed by atoms with Gasteiger partial charge in [-0.15, -0.1) is 5.10 Å². The van der Waals surface area contributed by atoms with Gasteiger partial charge in [-0.25, -0.2) is 4.68 Å². The van der Waals surface area contributed by atoms with Crippen molar-refractivity contribution in [3.8, 4) is 34.6 Å². The van der Waals surface area contributed by atoms with Gasteiger partial charge in [0, 0.05) is 23.6 Å². The van der Waals surface area contributed by atoms with Gasteiger partial charge in [0.2, 0.25) is 5.91 Å². The summed E-state index contributed by atoms with van der Waals surface area (Å²) in [6, 6.07) is 23.2. The van der Waals surface area contributed by atoms with Crippen LogP contribution in [0, 0.1) is 5.92 Å². The minimum Gasteiger partial charge on any atom is -0.497 e. The normalized spacial score (nSPS) is 10.8. The molecule has 1 aromatic heterocycles. The number of nitrogens with one attached hydrogen (secondary N) is 1. The lowest BCUT2D eigenvalue weighted by Gasteiger charge is -2.10. The second-order valence-electron chi connectivity index (χ2n) is 8.50. The van der Waals surface area contributed by atoms with Crippen molar-refractivity contribution in [1.29, 1.82) is 0 Å². The zero-order valence-corrected chi connectivity index (χ0v) is 20.9. The fourth-order valence-corrected chi connectivity index (χ4v) is 3.49. The molecule has 0 aliphatic carbocycles. The molecule has 1 heterocycles. The average molecular weight is 487 g/mol. The van der Waals surface area contributed by atoms with Crippen molar-refractivity contribution in [3.05, 3.63) is 78.4 Å². The molecule has 0 saturated carbocycles. The molecule has 186 valence electrons. The van der Waals surface area contributed by atoms with E-state index >= 15 is 0 Å². The number of hydrogen-bond donors (Lipinski definition) is 1. The lowest BCUT2D eigenvalue weighted by atomic mass is 10.1. The molecule has 0 aliphatic rings. The minimum absolute atomic E-state index is 0.0324. The molecule has 0 radical (unpaired) electrons. The first-order chi connectivity index (χ1) is 17.5. The van der Waals surface area contributed by atoms with Gasteiger partial charge in [0.15, 0.2) is 5.82 Å². The number of aromatic nitrogens is 3. The summed E-state index contributed by atoms with van der Waals surface area (Å²) < 4.78 is 18.2. The number of rotatable bonds is 10. The van der Waals surface area contributed by atoms with E-state index in [4.69, 9.17) is 14.2 Å². The third-order valence-corrected chi connectivity index (χ3v) is 5.62. The van der Waals surface area contributed by atoms with Crippen LogP contribution in [0.2, 0.25) is 0 Å². The van der Waals surface area contributed by atoms with Crippen LogP contribution in [0.15, 0.2) is 72.8 Å². The van der Waals surface area contributed by atoms with Crippen molar-refractivity contribution >= 4 is 11.6 Å². The van der Waals surface area contributed by atoms with E-state index in [1.165, 1.54) is 0 Å². The number of hydrogen-bond acceptors (Lipinski definition) is 6. The van der Waals surface area contributed by atoms with Crippen molar-refractivity contribution in [2.75, 3.05) is 26.1 Å². The summed E-state index contributed by atoms with van der Waals surface area (Å²) in [4.78, 5) is 16.7. The van der Waals surface area contributed by atoms with Crippen LogP contribution < -0.4 is 19.5 Å². The Balaban J connectivity index is 1.56. The molecule has 1 N–H and O–H groups in total. The molecule has 0 spiro atoms. The maximum atomic E-state index is 12.0. The van der Waals surface area contributed by atoms with Crippen molar-refractivity contribution in [2.45, 2.75) is 20.3 Å². The monoisotopic (exact) mass is 486 g/mol. The molecule has 3 aromatic carbocycles. The molecule has 0 unspecified atom stereocenters.